The van der Waals surface area contributed by atoms with E-state index in [9.17, 15) is 13.2 Å². The summed E-state index contributed by atoms with van der Waals surface area (Å²) in [6.07, 6.45) is 1.33. The van der Waals surface area contributed by atoms with Crippen molar-refractivity contribution in [3.8, 4) is 0 Å². The maximum absolute atomic E-state index is 12.1. The van der Waals surface area contributed by atoms with Gasteiger partial charge in [0.15, 0.2) is 0 Å². The summed E-state index contributed by atoms with van der Waals surface area (Å²) in [5.41, 5.74) is 1.48. The second kappa shape index (κ2) is 7.70. The molecule has 126 valence electrons. The molecule has 0 aromatic heterocycles. The van der Waals surface area contributed by atoms with Crippen LogP contribution in [-0.2, 0) is 10.0 Å². The van der Waals surface area contributed by atoms with Crippen molar-refractivity contribution >= 4 is 61.1 Å². The smallest absolute Gasteiger partial charge is 0.265 e. The highest BCUT2D eigenvalue weighted by molar-refractivity contribution is 9.10. The van der Waals surface area contributed by atoms with Crippen molar-refractivity contribution in [2.24, 2.45) is 0 Å². The average molecular weight is 449 g/mol. The molecule has 0 heterocycles. The number of hydrogen-bond donors (Lipinski definition) is 1. The zero-order valence-corrected chi connectivity index (χ0v) is 16.3. The van der Waals surface area contributed by atoms with Crippen molar-refractivity contribution in [1.82, 2.24) is 4.72 Å². The van der Waals surface area contributed by atoms with Crippen LogP contribution in [0.3, 0.4) is 0 Å². The maximum Gasteiger partial charge on any atom is 0.265 e. The molecule has 0 bridgehead atoms. The average Bonchev–Trinajstić information content (AvgIpc) is 2.48. The Labute approximate surface area is 158 Å². The summed E-state index contributed by atoms with van der Waals surface area (Å²) >= 11 is 15.0. The molecule has 0 saturated carbocycles. The Morgan fingerprint density at radius 1 is 1.12 bits per heavy atom. The molecule has 4 nitrogen and oxygen atoms in total. The Balaban J connectivity index is 2.16. The summed E-state index contributed by atoms with van der Waals surface area (Å²) in [7, 11) is -3.94. The predicted octanol–water partition coefficient (Wildman–Crippen LogP) is 4.79. The minimum atomic E-state index is -3.94. The van der Waals surface area contributed by atoms with Crippen LogP contribution >= 0.6 is 39.1 Å². The van der Waals surface area contributed by atoms with E-state index >= 15 is 0 Å². The maximum atomic E-state index is 12.1. The number of aryl methyl sites for hydroxylation is 1. The number of nitrogens with one attached hydrogen (secondary N) is 1. The van der Waals surface area contributed by atoms with Crippen LogP contribution in [0.2, 0.25) is 10.0 Å². The van der Waals surface area contributed by atoms with Gasteiger partial charge in [0.1, 0.15) is 0 Å². The van der Waals surface area contributed by atoms with Crippen molar-refractivity contribution in [1.29, 1.82) is 0 Å². The largest absolute Gasteiger partial charge is 0.268 e. The molecule has 0 saturated heterocycles. The summed E-state index contributed by atoms with van der Waals surface area (Å²) in [6, 6.07) is 9.64. The summed E-state index contributed by atoms with van der Waals surface area (Å²) in [5.74, 6) is -0.696. The zero-order valence-electron chi connectivity index (χ0n) is 12.4. The van der Waals surface area contributed by atoms with Gasteiger partial charge in [0.2, 0.25) is 0 Å². The lowest BCUT2D eigenvalue weighted by atomic mass is 10.1. The molecule has 0 aliphatic rings. The first-order valence-corrected chi connectivity index (χ1v) is 9.74. The van der Waals surface area contributed by atoms with Gasteiger partial charge in [-0.15, -0.1) is 0 Å². The highest BCUT2D eigenvalue weighted by atomic mass is 79.9. The van der Waals surface area contributed by atoms with Gasteiger partial charge in [0.25, 0.3) is 15.9 Å². The van der Waals surface area contributed by atoms with E-state index in [1.807, 2.05) is 4.72 Å². The third-order valence-electron chi connectivity index (χ3n) is 3.05. The molecule has 1 amide bonds. The number of benzene rings is 2. The minimum absolute atomic E-state index is 0.282. The van der Waals surface area contributed by atoms with Gasteiger partial charge in [-0.1, -0.05) is 45.2 Å². The Hall–Kier alpha value is -1.34. The fourth-order valence-electron chi connectivity index (χ4n) is 1.88. The molecule has 2 aromatic rings. The summed E-state index contributed by atoms with van der Waals surface area (Å²) in [4.78, 5) is 12.1. The lowest BCUT2D eigenvalue weighted by Gasteiger charge is -2.07. The van der Waals surface area contributed by atoms with Crippen LogP contribution < -0.4 is 4.72 Å². The molecule has 2 aromatic carbocycles. The molecule has 0 aliphatic heterocycles. The summed E-state index contributed by atoms with van der Waals surface area (Å²) < 4.78 is 26.9. The van der Waals surface area contributed by atoms with Gasteiger partial charge in [-0.3, -0.25) is 4.79 Å². The van der Waals surface area contributed by atoms with Crippen LogP contribution in [0.4, 0.5) is 0 Å². The third-order valence-corrected chi connectivity index (χ3v) is 5.25. The lowest BCUT2D eigenvalue weighted by molar-refractivity contribution is 0.0981. The standard InChI is InChI=1S/C16H12BrCl2NO3S/c1-10-8-12(17)3-4-13(10)16(21)20-24(22,23)7-6-11-2-5-14(18)15(19)9-11/h2-9H,1H3,(H,20,21). The van der Waals surface area contributed by atoms with Crippen molar-refractivity contribution in [3.63, 3.8) is 0 Å². The Morgan fingerprint density at radius 3 is 2.46 bits per heavy atom. The summed E-state index contributed by atoms with van der Waals surface area (Å²) in [5, 5.41) is 1.58. The lowest BCUT2D eigenvalue weighted by Crippen LogP contribution is -2.29. The molecular formula is C16H12BrCl2NO3S. The van der Waals surface area contributed by atoms with Crippen molar-refractivity contribution < 1.29 is 13.2 Å². The van der Waals surface area contributed by atoms with Gasteiger partial charge < -0.3 is 0 Å². The van der Waals surface area contributed by atoms with E-state index < -0.39 is 15.9 Å². The van der Waals surface area contributed by atoms with E-state index in [0.29, 0.717) is 21.2 Å². The Bertz CT molecular complexity index is 927. The second-order valence-electron chi connectivity index (χ2n) is 4.91. The molecule has 1 N–H and O–H groups in total. The topological polar surface area (TPSA) is 63.2 Å². The van der Waals surface area contributed by atoms with E-state index in [1.165, 1.54) is 12.1 Å². The quantitative estimate of drug-likeness (QED) is 0.730. The fourth-order valence-corrected chi connectivity index (χ4v) is 3.44. The van der Waals surface area contributed by atoms with E-state index in [4.69, 9.17) is 23.2 Å². The van der Waals surface area contributed by atoms with Gasteiger partial charge in [-0.25, -0.2) is 13.1 Å². The molecule has 8 heteroatoms. The number of carbonyl (C=O) groups is 1. The molecule has 0 radical (unpaired) electrons. The Morgan fingerprint density at radius 2 is 1.83 bits per heavy atom. The number of hydrogen-bond acceptors (Lipinski definition) is 3. The molecular weight excluding hydrogens is 437 g/mol. The first-order chi connectivity index (χ1) is 11.2. The molecule has 0 unspecified atom stereocenters. The number of carbonyl (C=O) groups excluding carboxylic acids is 1. The second-order valence-corrected chi connectivity index (χ2v) is 8.21. The number of rotatable bonds is 4. The van der Waals surface area contributed by atoms with E-state index in [2.05, 4.69) is 15.9 Å². The molecule has 0 spiro atoms. The first-order valence-electron chi connectivity index (χ1n) is 6.64. The van der Waals surface area contributed by atoms with Gasteiger partial charge in [0, 0.05) is 10.0 Å². The van der Waals surface area contributed by atoms with Crippen LogP contribution in [0.25, 0.3) is 6.08 Å². The zero-order chi connectivity index (χ0) is 17.9. The Kier molecular flexibility index (Phi) is 6.09. The number of amides is 1. The van der Waals surface area contributed by atoms with Gasteiger partial charge in [0.05, 0.1) is 15.5 Å². The molecule has 0 atom stereocenters. The first kappa shape index (κ1) is 19.0. The van der Waals surface area contributed by atoms with Gasteiger partial charge in [-0.05, 0) is 54.5 Å². The van der Waals surface area contributed by atoms with Crippen molar-refractivity contribution in [3.05, 3.63) is 73.0 Å². The number of halogens is 3. The molecule has 2 rings (SSSR count). The van der Waals surface area contributed by atoms with Crippen molar-refractivity contribution in [2.45, 2.75) is 6.92 Å². The SMILES string of the molecule is Cc1cc(Br)ccc1C(=O)NS(=O)(=O)C=Cc1ccc(Cl)c(Cl)c1. The van der Waals surface area contributed by atoms with Crippen LogP contribution in [0, 0.1) is 6.92 Å². The van der Waals surface area contributed by atoms with E-state index in [0.717, 1.165) is 9.88 Å². The predicted molar refractivity (Wildman–Crippen MR) is 101 cm³/mol. The van der Waals surface area contributed by atoms with Crippen molar-refractivity contribution in [2.75, 3.05) is 0 Å². The van der Waals surface area contributed by atoms with Gasteiger partial charge in [-0.2, -0.15) is 0 Å². The van der Waals surface area contributed by atoms with E-state index in [1.54, 1.807) is 37.3 Å². The molecule has 0 fully saturated rings. The van der Waals surface area contributed by atoms with Crippen LogP contribution in [0.5, 0.6) is 0 Å². The highest BCUT2D eigenvalue weighted by Gasteiger charge is 2.15. The highest BCUT2D eigenvalue weighted by Crippen LogP contribution is 2.23. The third kappa shape index (κ3) is 5.08. The number of sulfonamides is 1. The van der Waals surface area contributed by atoms with Crippen LogP contribution in [0.1, 0.15) is 21.5 Å². The molecule has 0 aliphatic carbocycles. The monoisotopic (exact) mass is 447 g/mol. The fraction of sp³-hybridized carbons (Fsp3) is 0.0625. The molecule has 24 heavy (non-hydrogen) atoms. The van der Waals surface area contributed by atoms with Crippen LogP contribution in [0.15, 0.2) is 46.3 Å². The minimum Gasteiger partial charge on any atom is -0.268 e. The van der Waals surface area contributed by atoms with E-state index in [-0.39, 0.29) is 5.56 Å². The normalized spacial score (nSPS) is 11.7. The van der Waals surface area contributed by atoms with Crippen LogP contribution in [-0.4, -0.2) is 14.3 Å². The summed E-state index contributed by atoms with van der Waals surface area (Å²) in [6.45, 7) is 1.72. The van der Waals surface area contributed by atoms with Gasteiger partial charge >= 0.3 is 0 Å².